The Labute approximate surface area is 115 Å². The number of hydrogen-bond acceptors (Lipinski definition) is 6. The van der Waals surface area contributed by atoms with E-state index in [1.54, 1.807) is 0 Å². The lowest BCUT2D eigenvalue weighted by molar-refractivity contribution is -0.384. The van der Waals surface area contributed by atoms with E-state index in [2.05, 4.69) is 10.3 Å². The Morgan fingerprint density at radius 2 is 2.05 bits per heavy atom. The van der Waals surface area contributed by atoms with Gasteiger partial charge in [-0.1, -0.05) is 18.2 Å². The summed E-state index contributed by atoms with van der Waals surface area (Å²) in [7, 11) is 0. The summed E-state index contributed by atoms with van der Waals surface area (Å²) < 4.78 is 5.48. The minimum atomic E-state index is -0.510. The van der Waals surface area contributed by atoms with E-state index < -0.39 is 4.92 Å². The molecule has 0 unspecified atom stereocenters. The van der Waals surface area contributed by atoms with Crippen LogP contribution < -0.4 is 15.8 Å². The van der Waals surface area contributed by atoms with Crippen LogP contribution in [-0.4, -0.2) is 23.1 Å². The first-order valence-electron chi connectivity index (χ1n) is 5.99. The highest BCUT2D eigenvalue weighted by molar-refractivity contribution is 5.52. The lowest BCUT2D eigenvalue weighted by Crippen LogP contribution is -2.13. The van der Waals surface area contributed by atoms with Gasteiger partial charge in [-0.05, 0) is 12.1 Å². The predicted molar refractivity (Wildman–Crippen MR) is 75.7 cm³/mol. The van der Waals surface area contributed by atoms with Crippen molar-refractivity contribution in [3.05, 3.63) is 52.6 Å². The number of hydrogen-bond donors (Lipinski definition) is 2. The molecule has 104 valence electrons. The van der Waals surface area contributed by atoms with Crippen molar-refractivity contribution in [3.63, 3.8) is 0 Å². The van der Waals surface area contributed by atoms with Crippen molar-refractivity contribution in [2.75, 3.05) is 24.2 Å². The summed E-state index contributed by atoms with van der Waals surface area (Å²) in [5, 5.41) is 13.6. The van der Waals surface area contributed by atoms with Crippen molar-refractivity contribution in [1.82, 2.24) is 4.98 Å². The van der Waals surface area contributed by atoms with Gasteiger partial charge in [0, 0.05) is 0 Å². The van der Waals surface area contributed by atoms with E-state index in [4.69, 9.17) is 10.5 Å². The van der Waals surface area contributed by atoms with Gasteiger partial charge in [0.2, 0.25) is 0 Å². The van der Waals surface area contributed by atoms with Gasteiger partial charge < -0.3 is 15.8 Å². The van der Waals surface area contributed by atoms with Crippen LogP contribution in [0.1, 0.15) is 0 Å². The number of para-hydroxylation sites is 1. The van der Waals surface area contributed by atoms with Crippen molar-refractivity contribution < 1.29 is 9.66 Å². The molecular formula is C13H14N4O3. The van der Waals surface area contributed by atoms with Gasteiger partial charge >= 0.3 is 0 Å². The number of ether oxygens (including phenoxy) is 1. The number of rotatable bonds is 6. The van der Waals surface area contributed by atoms with Gasteiger partial charge in [-0.3, -0.25) is 10.1 Å². The van der Waals surface area contributed by atoms with Crippen LogP contribution in [0.4, 0.5) is 17.3 Å². The number of nitrogens with two attached hydrogens (primary N) is 1. The van der Waals surface area contributed by atoms with E-state index >= 15 is 0 Å². The number of aromatic nitrogens is 1. The van der Waals surface area contributed by atoms with Crippen LogP contribution in [0.5, 0.6) is 5.75 Å². The number of nitrogens with one attached hydrogen (secondary N) is 1. The van der Waals surface area contributed by atoms with Gasteiger partial charge in [0.25, 0.3) is 5.69 Å². The van der Waals surface area contributed by atoms with Gasteiger partial charge in [0.15, 0.2) is 0 Å². The fourth-order valence-electron chi connectivity index (χ4n) is 1.60. The minimum Gasteiger partial charge on any atom is -0.492 e. The topological polar surface area (TPSA) is 103 Å². The highest BCUT2D eigenvalue weighted by Gasteiger charge is 2.09. The predicted octanol–water partition coefficient (Wildman–Crippen LogP) is 2.06. The number of anilines is 2. The lowest BCUT2D eigenvalue weighted by Gasteiger charge is -2.08. The molecular weight excluding hydrogens is 260 g/mol. The van der Waals surface area contributed by atoms with Crippen LogP contribution in [0.3, 0.4) is 0 Å². The Kier molecular flexibility index (Phi) is 4.33. The fraction of sp³-hybridized carbons (Fsp3) is 0.154. The largest absolute Gasteiger partial charge is 0.492 e. The molecule has 0 radical (unpaired) electrons. The van der Waals surface area contributed by atoms with Crippen LogP contribution in [0.15, 0.2) is 42.5 Å². The third-order valence-corrected chi connectivity index (χ3v) is 2.46. The Bertz CT molecular complexity index is 589. The van der Waals surface area contributed by atoms with Crippen molar-refractivity contribution in [3.8, 4) is 5.75 Å². The quantitative estimate of drug-likeness (QED) is 0.474. The monoisotopic (exact) mass is 274 g/mol. The second-order valence-corrected chi connectivity index (χ2v) is 3.98. The third-order valence-electron chi connectivity index (χ3n) is 2.46. The molecule has 7 heteroatoms. The van der Waals surface area contributed by atoms with Crippen molar-refractivity contribution in [2.45, 2.75) is 0 Å². The Morgan fingerprint density at radius 3 is 2.75 bits per heavy atom. The summed E-state index contributed by atoms with van der Waals surface area (Å²) in [6.45, 7) is 0.872. The lowest BCUT2D eigenvalue weighted by atomic mass is 10.3. The first-order valence-corrected chi connectivity index (χ1v) is 5.99. The number of benzene rings is 1. The number of pyridine rings is 1. The first kappa shape index (κ1) is 13.6. The summed E-state index contributed by atoms with van der Waals surface area (Å²) in [5.41, 5.74) is 5.41. The summed E-state index contributed by atoms with van der Waals surface area (Å²) in [5.74, 6) is 1.22. The van der Waals surface area contributed by atoms with E-state index in [0.717, 1.165) is 5.75 Å². The zero-order valence-electron chi connectivity index (χ0n) is 10.7. The van der Waals surface area contributed by atoms with E-state index in [-0.39, 0.29) is 11.5 Å². The normalized spacial score (nSPS) is 10.0. The average Bonchev–Trinajstić information content (AvgIpc) is 2.44. The van der Waals surface area contributed by atoms with Crippen LogP contribution >= 0.6 is 0 Å². The summed E-state index contributed by atoms with van der Waals surface area (Å²) in [6, 6.07) is 11.9. The molecule has 0 aliphatic carbocycles. The molecule has 0 spiro atoms. The average molecular weight is 274 g/mol. The molecule has 0 aliphatic heterocycles. The minimum absolute atomic E-state index is 0.0935. The molecule has 0 atom stereocenters. The number of nitrogens with zero attached hydrogens (tertiary/aromatic N) is 2. The number of nitro groups is 1. The number of nitrogen functional groups attached to an aromatic ring is 1. The van der Waals surface area contributed by atoms with E-state index in [1.165, 1.54) is 12.1 Å². The Hall–Kier alpha value is -2.83. The highest BCUT2D eigenvalue weighted by atomic mass is 16.6. The van der Waals surface area contributed by atoms with Crippen molar-refractivity contribution in [1.29, 1.82) is 0 Å². The van der Waals surface area contributed by atoms with Crippen LogP contribution in [-0.2, 0) is 0 Å². The molecule has 0 aliphatic rings. The standard InChI is InChI=1S/C13H14N4O3/c14-12-8-10(17(18)19)9-13(16-12)15-6-7-20-11-4-2-1-3-5-11/h1-5,8-9H,6-7H2,(H3,14,15,16). The third kappa shape index (κ3) is 3.84. The molecule has 20 heavy (non-hydrogen) atoms. The molecule has 1 aromatic carbocycles. The fourth-order valence-corrected chi connectivity index (χ4v) is 1.60. The molecule has 2 rings (SSSR count). The Morgan fingerprint density at radius 1 is 1.30 bits per heavy atom. The highest BCUT2D eigenvalue weighted by Crippen LogP contribution is 2.18. The van der Waals surface area contributed by atoms with E-state index in [0.29, 0.717) is 19.0 Å². The molecule has 0 amide bonds. The maximum Gasteiger partial charge on any atom is 0.276 e. The van der Waals surface area contributed by atoms with Crippen molar-refractivity contribution >= 4 is 17.3 Å². The second kappa shape index (κ2) is 6.37. The zero-order chi connectivity index (χ0) is 14.4. The molecule has 2 aromatic rings. The van der Waals surface area contributed by atoms with Crippen LogP contribution in [0.2, 0.25) is 0 Å². The maximum absolute atomic E-state index is 10.7. The SMILES string of the molecule is Nc1cc([N+](=O)[O-])cc(NCCOc2ccccc2)n1. The Balaban J connectivity index is 1.86. The van der Waals surface area contributed by atoms with Crippen LogP contribution in [0, 0.1) is 10.1 Å². The van der Waals surface area contributed by atoms with E-state index in [1.807, 2.05) is 30.3 Å². The molecule has 0 fully saturated rings. The molecule has 7 nitrogen and oxygen atoms in total. The molecule has 3 N–H and O–H groups in total. The molecule has 1 heterocycles. The van der Waals surface area contributed by atoms with Crippen molar-refractivity contribution in [2.24, 2.45) is 0 Å². The van der Waals surface area contributed by atoms with Crippen LogP contribution in [0.25, 0.3) is 0 Å². The zero-order valence-corrected chi connectivity index (χ0v) is 10.7. The van der Waals surface area contributed by atoms with E-state index in [9.17, 15) is 10.1 Å². The van der Waals surface area contributed by atoms with Gasteiger partial charge in [0.1, 0.15) is 24.0 Å². The summed E-state index contributed by atoms with van der Waals surface area (Å²) in [4.78, 5) is 14.1. The molecule has 0 bridgehead atoms. The van der Waals surface area contributed by atoms with Gasteiger partial charge in [-0.2, -0.15) is 0 Å². The van der Waals surface area contributed by atoms with Gasteiger partial charge in [0.05, 0.1) is 23.6 Å². The maximum atomic E-state index is 10.7. The van der Waals surface area contributed by atoms with Gasteiger partial charge in [-0.25, -0.2) is 4.98 Å². The van der Waals surface area contributed by atoms with Gasteiger partial charge in [-0.15, -0.1) is 0 Å². The second-order valence-electron chi connectivity index (χ2n) is 3.98. The summed E-state index contributed by atoms with van der Waals surface area (Å²) >= 11 is 0. The molecule has 0 saturated heterocycles. The summed E-state index contributed by atoms with van der Waals surface area (Å²) in [6.07, 6.45) is 0. The first-order chi connectivity index (χ1) is 9.65. The molecule has 1 aromatic heterocycles. The molecule has 0 saturated carbocycles. The smallest absolute Gasteiger partial charge is 0.276 e.